The van der Waals surface area contributed by atoms with Crippen molar-refractivity contribution in [2.45, 2.75) is 25.8 Å². The van der Waals surface area contributed by atoms with Gasteiger partial charge in [0.2, 0.25) is 5.91 Å². The largest absolute Gasteiger partial charge is 0.508 e. The Morgan fingerprint density at radius 1 is 1.56 bits per heavy atom. The van der Waals surface area contributed by atoms with Crippen LogP contribution in [-0.4, -0.2) is 17.1 Å². The predicted octanol–water partition coefficient (Wildman–Crippen LogP) is 2.22. The Morgan fingerprint density at radius 2 is 2.31 bits per heavy atom. The lowest BCUT2D eigenvalue weighted by Crippen LogP contribution is -2.30. The molecule has 2 unspecified atom stereocenters. The molecule has 4 heteroatoms. The summed E-state index contributed by atoms with van der Waals surface area (Å²) in [5.41, 5.74) is 0.877. The summed E-state index contributed by atoms with van der Waals surface area (Å²) in [4.78, 5) is 11.2. The van der Waals surface area contributed by atoms with Crippen LogP contribution in [0.5, 0.6) is 5.75 Å². The normalized spacial score (nSPS) is 24.5. The highest BCUT2D eigenvalue weighted by molar-refractivity contribution is 9.10. The van der Waals surface area contributed by atoms with E-state index >= 15 is 0 Å². The molecule has 1 aliphatic heterocycles. The zero-order chi connectivity index (χ0) is 11.7. The van der Waals surface area contributed by atoms with Gasteiger partial charge in [-0.25, -0.2) is 0 Å². The second-order valence-electron chi connectivity index (χ2n) is 4.33. The van der Waals surface area contributed by atoms with Crippen LogP contribution in [0.2, 0.25) is 0 Å². The topological polar surface area (TPSA) is 49.3 Å². The first-order valence-corrected chi connectivity index (χ1v) is 6.12. The van der Waals surface area contributed by atoms with E-state index in [4.69, 9.17) is 0 Å². The molecule has 0 saturated carbocycles. The van der Waals surface area contributed by atoms with Crippen molar-refractivity contribution in [1.82, 2.24) is 5.32 Å². The van der Waals surface area contributed by atoms with Gasteiger partial charge < -0.3 is 10.4 Å². The van der Waals surface area contributed by atoms with Crippen molar-refractivity contribution in [3.8, 4) is 5.75 Å². The van der Waals surface area contributed by atoms with Crippen molar-refractivity contribution < 1.29 is 9.90 Å². The summed E-state index contributed by atoms with van der Waals surface area (Å²) in [5.74, 6) is 0.715. The molecule has 2 rings (SSSR count). The minimum absolute atomic E-state index is 0.106. The Balaban J connectivity index is 2.12. The molecule has 16 heavy (non-hydrogen) atoms. The third-order valence-electron chi connectivity index (χ3n) is 3.03. The number of carbonyl (C=O) groups is 1. The number of phenolic OH excluding ortho intramolecular Hbond substituents is 1. The zero-order valence-electron chi connectivity index (χ0n) is 9.03. The Hall–Kier alpha value is -1.03. The average molecular weight is 284 g/mol. The molecule has 1 amide bonds. The lowest BCUT2D eigenvalue weighted by atomic mass is 9.96. The fourth-order valence-corrected chi connectivity index (χ4v) is 2.39. The van der Waals surface area contributed by atoms with Gasteiger partial charge in [0, 0.05) is 16.9 Å². The van der Waals surface area contributed by atoms with E-state index in [2.05, 4.69) is 28.2 Å². The predicted molar refractivity (Wildman–Crippen MR) is 65.2 cm³/mol. The minimum atomic E-state index is 0.106. The fourth-order valence-electron chi connectivity index (χ4n) is 2.04. The Labute approximate surface area is 103 Å². The van der Waals surface area contributed by atoms with Crippen molar-refractivity contribution in [3.05, 3.63) is 28.2 Å². The zero-order valence-corrected chi connectivity index (χ0v) is 10.6. The van der Waals surface area contributed by atoms with E-state index in [9.17, 15) is 9.90 Å². The molecule has 1 aromatic carbocycles. The van der Waals surface area contributed by atoms with Gasteiger partial charge >= 0.3 is 0 Å². The molecule has 0 bridgehead atoms. The van der Waals surface area contributed by atoms with Crippen molar-refractivity contribution in [1.29, 1.82) is 0 Å². The number of carbonyl (C=O) groups excluding carboxylic acids is 1. The second kappa shape index (κ2) is 4.45. The second-order valence-corrected chi connectivity index (χ2v) is 5.25. The number of aromatic hydroxyl groups is 1. The lowest BCUT2D eigenvalue weighted by molar-refractivity contribution is -0.119. The van der Waals surface area contributed by atoms with Crippen LogP contribution >= 0.6 is 15.9 Å². The molecule has 0 spiro atoms. The molecule has 86 valence electrons. The summed E-state index contributed by atoms with van der Waals surface area (Å²) in [6, 6.07) is 5.60. The minimum Gasteiger partial charge on any atom is -0.508 e. The molecule has 2 atom stereocenters. The SMILES string of the molecule is CC1CC(=O)NC1Cc1ccc(Br)cc1O. The van der Waals surface area contributed by atoms with Crippen LogP contribution in [0.1, 0.15) is 18.9 Å². The van der Waals surface area contributed by atoms with E-state index in [1.165, 1.54) is 0 Å². The first-order valence-electron chi connectivity index (χ1n) is 5.33. The number of hydrogen-bond acceptors (Lipinski definition) is 2. The fraction of sp³-hybridized carbons (Fsp3) is 0.417. The third-order valence-corrected chi connectivity index (χ3v) is 3.52. The van der Waals surface area contributed by atoms with Crippen LogP contribution in [0.25, 0.3) is 0 Å². The Morgan fingerprint density at radius 3 is 2.88 bits per heavy atom. The van der Waals surface area contributed by atoms with Gasteiger partial charge in [0.1, 0.15) is 5.75 Å². The van der Waals surface area contributed by atoms with Crippen molar-refractivity contribution in [3.63, 3.8) is 0 Å². The van der Waals surface area contributed by atoms with E-state index in [1.54, 1.807) is 6.07 Å². The standard InChI is InChI=1S/C12H14BrNO2/c1-7-4-12(16)14-10(7)5-8-2-3-9(13)6-11(8)15/h2-3,6-7,10,15H,4-5H2,1H3,(H,14,16). The molecule has 1 heterocycles. The van der Waals surface area contributed by atoms with Crippen molar-refractivity contribution in [2.24, 2.45) is 5.92 Å². The van der Waals surface area contributed by atoms with Crippen molar-refractivity contribution in [2.75, 3.05) is 0 Å². The molecular formula is C12H14BrNO2. The summed E-state index contributed by atoms with van der Waals surface area (Å²) in [6.07, 6.45) is 1.27. The van der Waals surface area contributed by atoms with Crippen LogP contribution in [0, 0.1) is 5.92 Å². The molecule has 3 nitrogen and oxygen atoms in total. The van der Waals surface area contributed by atoms with Crippen LogP contribution in [0.4, 0.5) is 0 Å². The number of halogens is 1. The van der Waals surface area contributed by atoms with Gasteiger partial charge in [-0.3, -0.25) is 4.79 Å². The maximum atomic E-state index is 11.2. The molecule has 0 radical (unpaired) electrons. The van der Waals surface area contributed by atoms with Crippen LogP contribution in [0.3, 0.4) is 0 Å². The van der Waals surface area contributed by atoms with Gasteiger partial charge in [-0.2, -0.15) is 0 Å². The number of nitrogens with one attached hydrogen (secondary N) is 1. The highest BCUT2D eigenvalue weighted by Crippen LogP contribution is 2.26. The number of amides is 1. The Bertz CT molecular complexity index is 419. The van der Waals surface area contributed by atoms with Gasteiger partial charge in [-0.05, 0) is 30.0 Å². The van der Waals surface area contributed by atoms with E-state index in [-0.39, 0.29) is 17.7 Å². The molecule has 1 aliphatic rings. The van der Waals surface area contributed by atoms with Crippen LogP contribution < -0.4 is 5.32 Å². The number of phenols is 1. The molecule has 0 aromatic heterocycles. The highest BCUT2D eigenvalue weighted by Gasteiger charge is 2.29. The molecular weight excluding hydrogens is 270 g/mol. The number of benzene rings is 1. The summed E-state index contributed by atoms with van der Waals surface area (Å²) < 4.78 is 0.859. The monoisotopic (exact) mass is 283 g/mol. The first-order chi connectivity index (χ1) is 7.56. The molecule has 1 saturated heterocycles. The highest BCUT2D eigenvalue weighted by atomic mass is 79.9. The lowest BCUT2D eigenvalue weighted by Gasteiger charge is -2.15. The average Bonchev–Trinajstić information content (AvgIpc) is 2.50. The number of hydrogen-bond donors (Lipinski definition) is 2. The van der Waals surface area contributed by atoms with E-state index in [1.807, 2.05) is 12.1 Å². The van der Waals surface area contributed by atoms with Crippen LogP contribution in [-0.2, 0) is 11.2 Å². The summed E-state index contributed by atoms with van der Waals surface area (Å²) >= 11 is 3.30. The summed E-state index contributed by atoms with van der Waals surface area (Å²) in [5, 5.41) is 12.7. The third kappa shape index (κ3) is 2.38. The van der Waals surface area contributed by atoms with Gasteiger partial charge in [0.15, 0.2) is 0 Å². The molecule has 1 fully saturated rings. The summed E-state index contributed by atoms with van der Waals surface area (Å²) in [6.45, 7) is 2.05. The van der Waals surface area contributed by atoms with Gasteiger partial charge in [-0.1, -0.05) is 28.9 Å². The smallest absolute Gasteiger partial charge is 0.220 e. The Kier molecular flexibility index (Phi) is 3.19. The molecule has 1 aromatic rings. The van der Waals surface area contributed by atoms with E-state index in [0.29, 0.717) is 18.8 Å². The van der Waals surface area contributed by atoms with Crippen molar-refractivity contribution >= 4 is 21.8 Å². The first kappa shape index (κ1) is 11.5. The van der Waals surface area contributed by atoms with Crippen LogP contribution in [0.15, 0.2) is 22.7 Å². The van der Waals surface area contributed by atoms with Gasteiger partial charge in [0.25, 0.3) is 0 Å². The maximum Gasteiger partial charge on any atom is 0.220 e. The van der Waals surface area contributed by atoms with E-state index < -0.39 is 0 Å². The summed E-state index contributed by atoms with van der Waals surface area (Å²) in [7, 11) is 0. The maximum absolute atomic E-state index is 11.2. The van der Waals surface area contributed by atoms with Gasteiger partial charge in [-0.15, -0.1) is 0 Å². The van der Waals surface area contributed by atoms with Gasteiger partial charge in [0.05, 0.1) is 0 Å². The number of rotatable bonds is 2. The van der Waals surface area contributed by atoms with E-state index in [0.717, 1.165) is 10.0 Å². The quantitative estimate of drug-likeness (QED) is 0.875. The molecule has 0 aliphatic carbocycles. The molecule has 2 N–H and O–H groups in total.